The number of carbonyl (C=O) groups excluding carboxylic acids is 1. The summed E-state index contributed by atoms with van der Waals surface area (Å²) in [6.45, 7) is 11.0. The first kappa shape index (κ1) is 19.5. The fourth-order valence-corrected chi connectivity index (χ4v) is 3.32. The van der Waals surface area contributed by atoms with Gasteiger partial charge in [0.1, 0.15) is 0 Å². The molecule has 2 aromatic rings. The van der Waals surface area contributed by atoms with Gasteiger partial charge in [-0.1, -0.05) is 38.1 Å². The number of hydrogen-bond acceptors (Lipinski definition) is 5. The van der Waals surface area contributed by atoms with E-state index in [1.54, 1.807) is 18.5 Å². The molecule has 0 spiro atoms. The van der Waals surface area contributed by atoms with Gasteiger partial charge in [-0.15, -0.1) is 0 Å². The Morgan fingerprint density at radius 2 is 1.67 bits per heavy atom. The van der Waals surface area contributed by atoms with Gasteiger partial charge in [-0.05, 0) is 30.0 Å². The topological polar surface area (TPSA) is 61.4 Å². The van der Waals surface area contributed by atoms with E-state index in [2.05, 4.69) is 63.2 Å². The van der Waals surface area contributed by atoms with Crippen molar-refractivity contribution in [3.8, 4) is 0 Å². The molecule has 1 atom stereocenters. The van der Waals surface area contributed by atoms with E-state index < -0.39 is 0 Å². The van der Waals surface area contributed by atoms with Crippen molar-refractivity contribution in [2.75, 3.05) is 31.5 Å². The zero-order valence-electron chi connectivity index (χ0n) is 16.4. The zero-order chi connectivity index (χ0) is 19.2. The van der Waals surface area contributed by atoms with Crippen molar-refractivity contribution in [2.24, 2.45) is 0 Å². The standard InChI is InChI=1S/C21H29N5O/c1-16(2)19-7-5-18(6-8-19)15-25-11-13-26(14-12-25)17(3)20(27)24-21-22-9-4-10-23-21/h4-10,16-17H,11-15H2,1-3H3,(H,22,23,24,27). The highest BCUT2D eigenvalue weighted by Crippen LogP contribution is 2.17. The predicted molar refractivity (Wildman–Crippen MR) is 108 cm³/mol. The summed E-state index contributed by atoms with van der Waals surface area (Å²) in [5, 5.41) is 2.79. The molecule has 27 heavy (non-hydrogen) atoms. The maximum atomic E-state index is 12.4. The fraction of sp³-hybridized carbons (Fsp3) is 0.476. The van der Waals surface area contributed by atoms with Gasteiger partial charge in [0, 0.05) is 45.1 Å². The predicted octanol–water partition coefficient (Wildman–Crippen LogP) is 2.74. The highest BCUT2D eigenvalue weighted by atomic mass is 16.2. The SMILES string of the molecule is CC(C)c1ccc(CN2CCN(C(C)C(=O)Nc3ncccn3)CC2)cc1. The Labute approximate surface area is 161 Å². The minimum atomic E-state index is -0.193. The number of nitrogens with zero attached hydrogens (tertiary/aromatic N) is 4. The second-order valence-electron chi connectivity index (χ2n) is 7.45. The number of anilines is 1. The molecule has 144 valence electrons. The fourth-order valence-electron chi connectivity index (χ4n) is 3.32. The van der Waals surface area contributed by atoms with Crippen molar-refractivity contribution >= 4 is 11.9 Å². The molecule has 1 aromatic heterocycles. The average molecular weight is 367 g/mol. The van der Waals surface area contributed by atoms with E-state index in [4.69, 9.17) is 0 Å². The van der Waals surface area contributed by atoms with Gasteiger partial charge in [0.25, 0.3) is 0 Å². The van der Waals surface area contributed by atoms with E-state index in [0.29, 0.717) is 11.9 Å². The van der Waals surface area contributed by atoms with Crippen molar-refractivity contribution in [3.63, 3.8) is 0 Å². The smallest absolute Gasteiger partial charge is 0.243 e. The van der Waals surface area contributed by atoms with E-state index in [9.17, 15) is 4.79 Å². The molecule has 6 nitrogen and oxygen atoms in total. The van der Waals surface area contributed by atoms with Crippen LogP contribution in [0.1, 0.15) is 37.8 Å². The molecule has 1 aliphatic rings. The number of hydrogen-bond donors (Lipinski definition) is 1. The van der Waals surface area contributed by atoms with Gasteiger partial charge >= 0.3 is 0 Å². The minimum absolute atomic E-state index is 0.0566. The van der Waals surface area contributed by atoms with Crippen LogP contribution < -0.4 is 5.32 Å². The molecule has 1 unspecified atom stereocenters. The molecule has 0 radical (unpaired) electrons. The van der Waals surface area contributed by atoms with Gasteiger partial charge in [-0.25, -0.2) is 9.97 Å². The highest BCUT2D eigenvalue weighted by Gasteiger charge is 2.26. The Morgan fingerprint density at radius 1 is 1.04 bits per heavy atom. The summed E-state index contributed by atoms with van der Waals surface area (Å²) in [7, 11) is 0. The molecule has 3 rings (SSSR count). The number of piperazine rings is 1. The van der Waals surface area contributed by atoms with E-state index in [0.717, 1.165) is 32.7 Å². The molecule has 1 fully saturated rings. The summed E-state index contributed by atoms with van der Waals surface area (Å²) in [6, 6.07) is 10.5. The summed E-state index contributed by atoms with van der Waals surface area (Å²) in [5.41, 5.74) is 2.73. The summed E-state index contributed by atoms with van der Waals surface area (Å²) < 4.78 is 0. The Bertz CT molecular complexity index is 724. The number of nitrogens with one attached hydrogen (secondary N) is 1. The molecule has 1 saturated heterocycles. The lowest BCUT2D eigenvalue weighted by Gasteiger charge is -2.37. The lowest BCUT2D eigenvalue weighted by atomic mass is 10.0. The Balaban J connectivity index is 1.47. The highest BCUT2D eigenvalue weighted by molar-refractivity contribution is 5.93. The lowest BCUT2D eigenvalue weighted by Crippen LogP contribution is -2.52. The molecule has 1 N–H and O–H groups in total. The van der Waals surface area contributed by atoms with E-state index in [1.165, 1.54) is 11.1 Å². The lowest BCUT2D eigenvalue weighted by molar-refractivity contribution is -0.121. The second-order valence-corrected chi connectivity index (χ2v) is 7.45. The summed E-state index contributed by atoms with van der Waals surface area (Å²) in [4.78, 5) is 25.2. The normalized spacial score (nSPS) is 17.0. The quantitative estimate of drug-likeness (QED) is 0.851. The third-order valence-electron chi connectivity index (χ3n) is 5.19. The van der Waals surface area contributed by atoms with Crippen LogP contribution >= 0.6 is 0 Å². The molecule has 0 aliphatic carbocycles. The van der Waals surface area contributed by atoms with Crippen LogP contribution in [-0.2, 0) is 11.3 Å². The number of aromatic nitrogens is 2. The van der Waals surface area contributed by atoms with Crippen LogP contribution in [0.4, 0.5) is 5.95 Å². The molecule has 1 aliphatic heterocycles. The third-order valence-corrected chi connectivity index (χ3v) is 5.19. The number of rotatable bonds is 6. The van der Waals surface area contributed by atoms with Crippen molar-refractivity contribution in [1.82, 2.24) is 19.8 Å². The first-order valence-corrected chi connectivity index (χ1v) is 9.66. The zero-order valence-corrected chi connectivity index (χ0v) is 16.4. The molecule has 1 amide bonds. The van der Waals surface area contributed by atoms with Gasteiger partial charge < -0.3 is 0 Å². The van der Waals surface area contributed by atoms with Gasteiger partial charge in [0.2, 0.25) is 11.9 Å². The van der Waals surface area contributed by atoms with Gasteiger partial charge in [-0.2, -0.15) is 0 Å². The van der Waals surface area contributed by atoms with Crippen LogP contribution in [0.5, 0.6) is 0 Å². The van der Waals surface area contributed by atoms with Crippen LogP contribution in [0.3, 0.4) is 0 Å². The molecule has 1 aromatic carbocycles. The van der Waals surface area contributed by atoms with Crippen molar-refractivity contribution in [3.05, 3.63) is 53.9 Å². The van der Waals surface area contributed by atoms with Gasteiger partial charge in [0.05, 0.1) is 6.04 Å². The van der Waals surface area contributed by atoms with Crippen molar-refractivity contribution < 1.29 is 4.79 Å². The molecule has 2 heterocycles. The molecule has 6 heteroatoms. The summed E-state index contributed by atoms with van der Waals surface area (Å²) >= 11 is 0. The van der Waals surface area contributed by atoms with Crippen molar-refractivity contribution in [1.29, 1.82) is 0 Å². The Morgan fingerprint density at radius 3 is 2.26 bits per heavy atom. The monoisotopic (exact) mass is 367 g/mol. The van der Waals surface area contributed by atoms with E-state index in [-0.39, 0.29) is 11.9 Å². The first-order valence-electron chi connectivity index (χ1n) is 9.66. The van der Waals surface area contributed by atoms with Crippen LogP contribution in [0.25, 0.3) is 0 Å². The van der Waals surface area contributed by atoms with Crippen LogP contribution in [0.2, 0.25) is 0 Å². The summed E-state index contributed by atoms with van der Waals surface area (Å²) in [5.74, 6) is 0.869. The van der Waals surface area contributed by atoms with Crippen LogP contribution in [-0.4, -0.2) is 57.9 Å². The Kier molecular flexibility index (Phi) is 6.53. The summed E-state index contributed by atoms with van der Waals surface area (Å²) in [6.07, 6.45) is 3.25. The molecule has 0 bridgehead atoms. The average Bonchev–Trinajstić information content (AvgIpc) is 2.69. The minimum Gasteiger partial charge on any atom is -0.297 e. The number of amides is 1. The van der Waals surface area contributed by atoms with Gasteiger partial charge in [-0.3, -0.25) is 19.9 Å². The first-order chi connectivity index (χ1) is 13.0. The maximum Gasteiger partial charge on any atom is 0.243 e. The van der Waals surface area contributed by atoms with Gasteiger partial charge in [0.15, 0.2) is 0 Å². The molecular formula is C21H29N5O. The number of benzene rings is 1. The largest absolute Gasteiger partial charge is 0.297 e. The number of carbonyl (C=O) groups is 1. The third kappa shape index (κ3) is 5.34. The van der Waals surface area contributed by atoms with E-state index in [1.807, 2.05) is 6.92 Å². The van der Waals surface area contributed by atoms with Crippen molar-refractivity contribution in [2.45, 2.75) is 39.3 Å². The van der Waals surface area contributed by atoms with Crippen LogP contribution in [0, 0.1) is 0 Å². The second kappa shape index (κ2) is 9.06. The Hall–Kier alpha value is -2.31. The van der Waals surface area contributed by atoms with E-state index >= 15 is 0 Å². The molecule has 0 saturated carbocycles. The van der Waals surface area contributed by atoms with Crippen LogP contribution in [0.15, 0.2) is 42.7 Å². The maximum absolute atomic E-state index is 12.4. The molecular weight excluding hydrogens is 338 g/mol.